The van der Waals surface area contributed by atoms with Crippen LogP contribution in [0.3, 0.4) is 0 Å². The van der Waals surface area contributed by atoms with Crippen molar-refractivity contribution in [2.75, 3.05) is 20.2 Å². The molecule has 0 aliphatic carbocycles. The summed E-state index contributed by atoms with van der Waals surface area (Å²) in [6.07, 6.45) is 0.636. The van der Waals surface area contributed by atoms with E-state index in [-0.39, 0.29) is 12.5 Å². The van der Waals surface area contributed by atoms with E-state index in [4.69, 9.17) is 10.5 Å². The molecule has 15 heavy (non-hydrogen) atoms. The van der Waals surface area contributed by atoms with E-state index in [1.165, 1.54) is 7.11 Å². The highest BCUT2D eigenvalue weighted by Crippen LogP contribution is 2.09. The standard InChI is InChI=1S/C9H18F2N2O2/c1-7(15-2)3-4-8(14)13-6-9(10,11)5-12/h7H,3-6,12H2,1-2H3,(H,13,14). The highest BCUT2D eigenvalue weighted by molar-refractivity contribution is 5.75. The number of alkyl halides is 2. The number of hydrogen-bond acceptors (Lipinski definition) is 3. The molecule has 1 unspecified atom stereocenters. The van der Waals surface area contributed by atoms with E-state index >= 15 is 0 Å². The van der Waals surface area contributed by atoms with E-state index in [1.54, 1.807) is 0 Å². The van der Waals surface area contributed by atoms with E-state index in [2.05, 4.69) is 5.32 Å². The summed E-state index contributed by atoms with van der Waals surface area (Å²) in [6.45, 7) is 0.340. The van der Waals surface area contributed by atoms with Crippen molar-refractivity contribution in [2.45, 2.75) is 31.8 Å². The van der Waals surface area contributed by atoms with Gasteiger partial charge in [0.05, 0.1) is 19.2 Å². The predicted molar refractivity (Wildman–Crippen MR) is 52.7 cm³/mol. The van der Waals surface area contributed by atoms with Gasteiger partial charge in [0.1, 0.15) is 0 Å². The molecule has 0 fully saturated rings. The number of carbonyl (C=O) groups is 1. The zero-order valence-electron chi connectivity index (χ0n) is 9.06. The fourth-order valence-corrected chi connectivity index (χ4v) is 0.841. The summed E-state index contributed by atoms with van der Waals surface area (Å²) in [6, 6.07) is 0. The van der Waals surface area contributed by atoms with E-state index < -0.39 is 24.9 Å². The van der Waals surface area contributed by atoms with Gasteiger partial charge in [-0.1, -0.05) is 0 Å². The lowest BCUT2D eigenvalue weighted by Gasteiger charge is -2.15. The van der Waals surface area contributed by atoms with E-state index in [9.17, 15) is 13.6 Å². The SMILES string of the molecule is COC(C)CCC(=O)NCC(F)(F)CN. The van der Waals surface area contributed by atoms with Gasteiger partial charge in [0.25, 0.3) is 5.92 Å². The van der Waals surface area contributed by atoms with Crippen LogP contribution in [0.5, 0.6) is 0 Å². The van der Waals surface area contributed by atoms with Crippen molar-refractivity contribution in [1.82, 2.24) is 5.32 Å². The minimum Gasteiger partial charge on any atom is -0.382 e. The third-order valence-electron chi connectivity index (χ3n) is 2.02. The fourth-order valence-electron chi connectivity index (χ4n) is 0.841. The van der Waals surface area contributed by atoms with Gasteiger partial charge in [-0.2, -0.15) is 0 Å². The van der Waals surface area contributed by atoms with Crippen LogP contribution in [-0.4, -0.2) is 38.1 Å². The number of rotatable bonds is 7. The Morgan fingerprint density at radius 2 is 2.20 bits per heavy atom. The van der Waals surface area contributed by atoms with Gasteiger partial charge in [-0.15, -0.1) is 0 Å². The summed E-state index contributed by atoms with van der Waals surface area (Å²) in [7, 11) is 1.53. The molecular formula is C9H18F2N2O2. The van der Waals surface area contributed by atoms with Crippen molar-refractivity contribution in [3.63, 3.8) is 0 Å². The van der Waals surface area contributed by atoms with Gasteiger partial charge in [0.15, 0.2) is 0 Å². The molecule has 3 N–H and O–H groups in total. The molecule has 0 heterocycles. The van der Waals surface area contributed by atoms with Crippen LogP contribution in [0.25, 0.3) is 0 Å². The van der Waals surface area contributed by atoms with Crippen molar-refractivity contribution >= 4 is 5.91 Å². The molecule has 0 bridgehead atoms. The first-order valence-corrected chi connectivity index (χ1v) is 4.78. The Kier molecular flexibility index (Phi) is 6.35. The van der Waals surface area contributed by atoms with Crippen LogP contribution < -0.4 is 11.1 Å². The molecule has 1 amide bonds. The Bertz CT molecular complexity index is 201. The first kappa shape index (κ1) is 14.2. The number of nitrogens with one attached hydrogen (secondary N) is 1. The summed E-state index contributed by atoms with van der Waals surface area (Å²) in [5.74, 6) is -3.44. The lowest BCUT2D eigenvalue weighted by Crippen LogP contribution is -2.41. The molecule has 0 rings (SSSR count). The minimum absolute atomic E-state index is 0.0502. The predicted octanol–water partition coefficient (Wildman–Crippen LogP) is 0.512. The molecule has 0 spiro atoms. The molecule has 0 aromatic carbocycles. The fraction of sp³-hybridized carbons (Fsp3) is 0.889. The van der Waals surface area contributed by atoms with Crippen molar-refractivity contribution in [2.24, 2.45) is 5.73 Å². The number of halogens is 2. The van der Waals surface area contributed by atoms with Crippen LogP contribution in [0.1, 0.15) is 19.8 Å². The zero-order valence-corrected chi connectivity index (χ0v) is 9.06. The Labute approximate surface area is 88.2 Å². The third kappa shape index (κ3) is 7.21. The summed E-state index contributed by atoms with van der Waals surface area (Å²) >= 11 is 0. The van der Waals surface area contributed by atoms with Crippen LogP contribution in [0, 0.1) is 0 Å². The largest absolute Gasteiger partial charge is 0.382 e. The molecular weight excluding hydrogens is 206 g/mol. The number of methoxy groups -OCH3 is 1. The van der Waals surface area contributed by atoms with E-state index in [1.807, 2.05) is 6.92 Å². The van der Waals surface area contributed by atoms with Crippen LogP contribution in [0.15, 0.2) is 0 Å². The number of amides is 1. The second-order valence-corrected chi connectivity index (χ2v) is 3.42. The molecule has 0 aromatic heterocycles. The van der Waals surface area contributed by atoms with Gasteiger partial charge >= 0.3 is 0 Å². The maximum atomic E-state index is 12.6. The highest BCUT2D eigenvalue weighted by atomic mass is 19.3. The molecule has 0 aromatic rings. The van der Waals surface area contributed by atoms with Gasteiger partial charge < -0.3 is 15.8 Å². The first-order valence-electron chi connectivity index (χ1n) is 4.78. The molecule has 1 atom stereocenters. The number of carbonyl (C=O) groups excluding carboxylic acids is 1. The average molecular weight is 224 g/mol. The van der Waals surface area contributed by atoms with Crippen LogP contribution in [0.2, 0.25) is 0 Å². The zero-order chi connectivity index (χ0) is 11.9. The molecule has 0 saturated carbocycles. The lowest BCUT2D eigenvalue weighted by atomic mass is 10.2. The first-order chi connectivity index (χ1) is 6.91. The van der Waals surface area contributed by atoms with Gasteiger partial charge in [-0.3, -0.25) is 4.79 Å². The Morgan fingerprint density at radius 3 is 2.67 bits per heavy atom. The monoisotopic (exact) mass is 224 g/mol. The summed E-state index contributed by atoms with van der Waals surface area (Å²) in [5.41, 5.74) is 4.81. The Hall–Kier alpha value is -0.750. The van der Waals surface area contributed by atoms with Crippen LogP contribution >= 0.6 is 0 Å². The number of nitrogens with two attached hydrogens (primary N) is 1. The highest BCUT2D eigenvalue weighted by Gasteiger charge is 2.26. The Morgan fingerprint density at radius 1 is 1.60 bits per heavy atom. The summed E-state index contributed by atoms with van der Waals surface area (Å²) in [4.78, 5) is 11.1. The lowest BCUT2D eigenvalue weighted by molar-refractivity contribution is -0.123. The molecule has 0 aliphatic heterocycles. The van der Waals surface area contributed by atoms with Crippen molar-refractivity contribution in [3.05, 3.63) is 0 Å². The third-order valence-corrected chi connectivity index (χ3v) is 2.02. The topological polar surface area (TPSA) is 64.3 Å². The normalized spacial score (nSPS) is 13.7. The summed E-state index contributed by atoms with van der Waals surface area (Å²) in [5, 5.41) is 2.13. The summed E-state index contributed by atoms with van der Waals surface area (Å²) < 4.78 is 30.1. The van der Waals surface area contributed by atoms with Crippen LogP contribution in [-0.2, 0) is 9.53 Å². The Balaban J connectivity index is 3.67. The van der Waals surface area contributed by atoms with E-state index in [0.717, 1.165) is 0 Å². The quantitative estimate of drug-likeness (QED) is 0.662. The molecule has 6 heteroatoms. The smallest absolute Gasteiger partial charge is 0.277 e. The molecule has 4 nitrogen and oxygen atoms in total. The molecule has 0 radical (unpaired) electrons. The van der Waals surface area contributed by atoms with Crippen molar-refractivity contribution in [3.8, 4) is 0 Å². The van der Waals surface area contributed by atoms with Gasteiger partial charge in [-0.05, 0) is 13.3 Å². The second-order valence-electron chi connectivity index (χ2n) is 3.42. The molecule has 0 saturated heterocycles. The maximum Gasteiger partial charge on any atom is 0.277 e. The van der Waals surface area contributed by atoms with Crippen molar-refractivity contribution in [1.29, 1.82) is 0 Å². The van der Waals surface area contributed by atoms with Gasteiger partial charge in [0.2, 0.25) is 5.91 Å². The average Bonchev–Trinajstić information content (AvgIpc) is 2.23. The van der Waals surface area contributed by atoms with Crippen LogP contribution in [0.4, 0.5) is 8.78 Å². The second kappa shape index (κ2) is 6.68. The molecule has 90 valence electrons. The number of ether oxygens (including phenoxy) is 1. The molecule has 0 aliphatic rings. The van der Waals surface area contributed by atoms with Crippen molar-refractivity contribution < 1.29 is 18.3 Å². The van der Waals surface area contributed by atoms with Gasteiger partial charge in [0, 0.05) is 13.5 Å². The minimum atomic E-state index is -3.03. The number of hydrogen-bond donors (Lipinski definition) is 2. The van der Waals surface area contributed by atoms with E-state index in [0.29, 0.717) is 6.42 Å². The van der Waals surface area contributed by atoms with Gasteiger partial charge in [-0.25, -0.2) is 8.78 Å². The maximum absolute atomic E-state index is 12.6.